The first-order valence-electron chi connectivity index (χ1n) is 7.45. The number of hydrogen-bond acceptors (Lipinski definition) is 2. The summed E-state index contributed by atoms with van der Waals surface area (Å²) in [5.74, 6) is -0.124. The van der Waals surface area contributed by atoms with Crippen molar-refractivity contribution in [1.29, 1.82) is 0 Å². The number of piperazine rings is 1. The van der Waals surface area contributed by atoms with Crippen LogP contribution < -0.4 is 0 Å². The molecule has 2 saturated heterocycles. The lowest BCUT2D eigenvalue weighted by Crippen LogP contribution is -2.58. The van der Waals surface area contributed by atoms with Crippen molar-refractivity contribution in [2.75, 3.05) is 19.6 Å². The molecule has 0 N–H and O–H groups in total. The lowest BCUT2D eigenvalue weighted by Gasteiger charge is -2.47. The summed E-state index contributed by atoms with van der Waals surface area (Å²) in [6, 6.07) is 8.32. The number of nitrogens with zero attached hydrogens (tertiary/aromatic N) is 2. The van der Waals surface area contributed by atoms with Crippen molar-refractivity contribution in [2.45, 2.75) is 44.8 Å². The van der Waals surface area contributed by atoms with E-state index in [9.17, 15) is 4.39 Å². The molecule has 1 aromatic carbocycles. The van der Waals surface area contributed by atoms with E-state index in [-0.39, 0.29) is 5.82 Å². The summed E-state index contributed by atoms with van der Waals surface area (Å²) < 4.78 is 13.3. The highest BCUT2D eigenvalue weighted by molar-refractivity contribution is 5.16. The molecule has 2 aliphatic rings. The molecule has 0 spiro atoms. The molecule has 2 nitrogen and oxygen atoms in total. The third kappa shape index (κ3) is 2.98. The summed E-state index contributed by atoms with van der Waals surface area (Å²) in [5.41, 5.74) is 1.09. The van der Waals surface area contributed by atoms with Gasteiger partial charge in [-0.1, -0.05) is 18.6 Å². The van der Waals surface area contributed by atoms with Crippen LogP contribution in [0.2, 0.25) is 0 Å². The van der Waals surface area contributed by atoms with Crippen molar-refractivity contribution < 1.29 is 4.39 Å². The van der Waals surface area contributed by atoms with E-state index in [1.807, 2.05) is 12.1 Å². The summed E-state index contributed by atoms with van der Waals surface area (Å²) in [7, 11) is 0. The Kier molecular flexibility index (Phi) is 3.85. The van der Waals surface area contributed by atoms with Gasteiger partial charge in [-0.25, -0.2) is 4.39 Å². The summed E-state index contributed by atoms with van der Waals surface area (Å²) in [4.78, 5) is 5.16. The molecule has 0 saturated carbocycles. The van der Waals surface area contributed by atoms with Crippen molar-refractivity contribution in [1.82, 2.24) is 9.80 Å². The molecule has 19 heavy (non-hydrogen) atoms. The van der Waals surface area contributed by atoms with Crippen LogP contribution in [0.25, 0.3) is 0 Å². The van der Waals surface area contributed by atoms with Crippen LogP contribution in [-0.2, 0) is 6.54 Å². The molecule has 0 radical (unpaired) electrons. The number of fused-ring (bicyclic) bond motifs is 1. The topological polar surface area (TPSA) is 6.48 Å². The van der Waals surface area contributed by atoms with Gasteiger partial charge >= 0.3 is 0 Å². The monoisotopic (exact) mass is 262 g/mol. The quantitative estimate of drug-likeness (QED) is 0.808. The van der Waals surface area contributed by atoms with E-state index in [1.54, 1.807) is 6.07 Å². The average molecular weight is 262 g/mol. The summed E-state index contributed by atoms with van der Waals surface area (Å²) >= 11 is 0. The van der Waals surface area contributed by atoms with Crippen LogP contribution in [0.4, 0.5) is 4.39 Å². The normalized spacial score (nSPS) is 29.2. The number of piperidine rings is 1. The van der Waals surface area contributed by atoms with Crippen LogP contribution in [0.5, 0.6) is 0 Å². The van der Waals surface area contributed by atoms with Crippen molar-refractivity contribution in [3.63, 3.8) is 0 Å². The molecular formula is C16H23FN2. The van der Waals surface area contributed by atoms with E-state index < -0.39 is 0 Å². The summed E-state index contributed by atoms with van der Waals surface area (Å²) in [6.45, 7) is 6.74. The Morgan fingerprint density at radius 3 is 3.00 bits per heavy atom. The largest absolute Gasteiger partial charge is 0.298 e. The van der Waals surface area contributed by atoms with Gasteiger partial charge in [0.15, 0.2) is 0 Å². The maximum absolute atomic E-state index is 13.3. The van der Waals surface area contributed by atoms with Gasteiger partial charge in [0.1, 0.15) is 5.82 Å². The first kappa shape index (κ1) is 13.1. The number of hydrogen-bond donors (Lipinski definition) is 0. The van der Waals surface area contributed by atoms with Crippen LogP contribution in [0, 0.1) is 5.82 Å². The Morgan fingerprint density at radius 1 is 1.26 bits per heavy atom. The van der Waals surface area contributed by atoms with Crippen molar-refractivity contribution in [2.24, 2.45) is 0 Å². The van der Waals surface area contributed by atoms with Crippen LogP contribution >= 0.6 is 0 Å². The summed E-state index contributed by atoms with van der Waals surface area (Å²) in [5, 5.41) is 0. The zero-order chi connectivity index (χ0) is 13.2. The van der Waals surface area contributed by atoms with E-state index in [1.165, 1.54) is 38.4 Å². The zero-order valence-corrected chi connectivity index (χ0v) is 11.7. The van der Waals surface area contributed by atoms with E-state index in [4.69, 9.17) is 0 Å². The Bertz CT molecular complexity index is 435. The second kappa shape index (κ2) is 5.59. The van der Waals surface area contributed by atoms with E-state index in [0.717, 1.165) is 24.7 Å². The van der Waals surface area contributed by atoms with Gasteiger partial charge in [0.05, 0.1) is 0 Å². The predicted molar refractivity (Wildman–Crippen MR) is 75.5 cm³/mol. The SMILES string of the molecule is C[C@H]1CN2CCCC[C@@H]2CN1Cc1cccc(F)c1. The van der Waals surface area contributed by atoms with Crippen LogP contribution in [-0.4, -0.2) is 41.5 Å². The zero-order valence-electron chi connectivity index (χ0n) is 11.7. The van der Waals surface area contributed by atoms with Crippen molar-refractivity contribution in [3.05, 3.63) is 35.6 Å². The number of halogens is 1. The Labute approximate surface area is 115 Å². The van der Waals surface area contributed by atoms with Crippen LogP contribution in [0.15, 0.2) is 24.3 Å². The van der Waals surface area contributed by atoms with Gasteiger partial charge in [-0.2, -0.15) is 0 Å². The standard InChI is InChI=1S/C16H23FN2/c1-13-10-18-8-3-2-7-16(18)12-19(13)11-14-5-4-6-15(17)9-14/h4-6,9,13,16H,2-3,7-8,10-12H2,1H3/t13-,16+/m0/s1. The van der Waals surface area contributed by atoms with Gasteiger partial charge in [-0.3, -0.25) is 9.80 Å². The molecule has 0 aromatic heterocycles. The highest BCUT2D eigenvalue weighted by atomic mass is 19.1. The number of rotatable bonds is 2. The lowest BCUT2D eigenvalue weighted by molar-refractivity contribution is 0.0110. The fourth-order valence-corrected chi connectivity index (χ4v) is 3.50. The molecule has 2 aliphatic heterocycles. The molecule has 3 rings (SSSR count). The third-order valence-electron chi connectivity index (χ3n) is 4.59. The smallest absolute Gasteiger partial charge is 0.123 e. The van der Waals surface area contributed by atoms with Crippen LogP contribution in [0.1, 0.15) is 31.7 Å². The molecule has 104 valence electrons. The van der Waals surface area contributed by atoms with Gasteiger partial charge in [0.2, 0.25) is 0 Å². The van der Waals surface area contributed by atoms with Gasteiger partial charge in [-0.15, -0.1) is 0 Å². The maximum Gasteiger partial charge on any atom is 0.123 e. The first-order chi connectivity index (χ1) is 9.22. The molecule has 2 atom stereocenters. The maximum atomic E-state index is 13.3. The molecule has 2 fully saturated rings. The van der Waals surface area contributed by atoms with Crippen molar-refractivity contribution in [3.8, 4) is 0 Å². The molecule has 0 amide bonds. The van der Waals surface area contributed by atoms with Crippen molar-refractivity contribution >= 4 is 0 Å². The van der Waals surface area contributed by atoms with Gasteiger partial charge in [0, 0.05) is 31.7 Å². The fraction of sp³-hybridized carbons (Fsp3) is 0.625. The highest BCUT2D eigenvalue weighted by Crippen LogP contribution is 2.25. The van der Waals surface area contributed by atoms with E-state index in [2.05, 4.69) is 16.7 Å². The van der Waals surface area contributed by atoms with Gasteiger partial charge < -0.3 is 0 Å². The number of benzene rings is 1. The minimum atomic E-state index is -0.124. The molecule has 0 bridgehead atoms. The first-order valence-corrected chi connectivity index (χ1v) is 7.45. The average Bonchev–Trinajstić information content (AvgIpc) is 2.40. The molecule has 2 heterocycles. The second-order valence-corrected chi connectivity index (χ2v) is 6.05. The molecular weight excluding hydrogens is 239 g/mol. The minimum absolute atomic E-state index is 0.124. The molecule has 0 unspecified atom stereocenters. The van der Waals surface area contributed by atoms with Gasteiger partial charge in [-0.05, 0) is 44.0 Å². The fourth-order valence-electron chi connectivity index (χ4n) is 3.50. The van der Waals surface area contributed by atoms with Crippen LogP contribution in [0.3, 0.4) is 0 Å². The lowest BCUT2D eigenvalue weighted by atomic mass is 9.97. The summed E-state index contributed by atoms with van der Waals surface area (Å²) in [6.07, 6.45) is 4.04. The third-order valence-corrected chi connectivity index (χ3v) is 4.59. The Hall–Kier alpha value is -0.930. The molecule has 3 heteroatoms. The van der Waals surface area contributed by atoms with E-state index in [0.29, 0.717) is 6.04 Å². The predicted octanol–water partition coefficient (Wildman–Crippen LogP) is 2.88. The molecule has 0 aliphatic carbocycles. The Balaban J connectivity index is 1.67. The van der Waals surface area contributed by atoms with Gasteiger partial charge in [0.25, 0.3) is 0 Å². The Morgan fingerprint density at radius 2 is 2.16 bits per heavy atom. The van der Waals surface area contributed by atoms with E-state index >= 15 is 0 Å². The highest BCUT2D eigenvalue weighted by Gasteiger charge is 2.32. The minimum Gasteiger partial charge on any atom is -0.298 e. The molecule has 1 aromatic rings. The second-order valence-electron chi connectivity index (χ2n) is 6.05.